The maximum absolute atomic E-state index is 13.0. The third kappa shape index (κ3) is 4.11. The minimum Gasteiger partial charge on any atom is -0.481 e. The van der Waals surface area contributed by atoms with E-state index < -0.39 is 5.97 Å². The SMILES string of the molecule is CCN(CCC(=O)O)C(C)c1cncc(F)c1. The summed E-state index contributed by atoms with van der Waals surface area (Å²) in [6.45, 7) is 5.03. The van der Waals surface area contributed by atoms with E-state index in [2.05, 4.69) is 4.98 Å². The van der Waals surface area contributed by atoms with Gasteiger partial charge in [0.05, 0.1) is 12.6 Å². The number of hydrogen-bond donors (Lipinski definition) is 1. The van der Waals surface area contributed by atoms with Crippen molar-refractivity contribution in [3.05, 3.63) is 29.8 Å². The van der Waals surface area contributed by atoms with Gasteiger partial charge in [0, 0.05) is 18.8 Å². The molecule has 4 nitrogen and oxygen atoms in total. The van der Waals surface area contributed by atoms with Crippen molar-refractivity contribution in [1.29, 1.82) is 0 Å². The van der Waals surface area contributed by atoms with Gasteiger partial charge < -0.3 is 5.11 Å². The van der Waals surface area contributed by atoms with Crippen LogP contribution in [-0.4, -0.2) is 34.0 Å². The van der Waals surface area contributed by atoms with E-state index in [1.807, 2.05) is 18.7 Å². The highest BCUT2D eigenvalue weighted by Gasteiger charge is 2.15. The Hall–Kier alpha value is -1.49. The molecule has 17 heavy (non-hydrogen) atoms. The first kappa shape index (κ1) is 13.6. The summed E-state index contributed by atoms with van der Waals surface area (Å²) >= 11 is 0. The number of pyridine rings is 1. The number of aliphatic carboxylic acids is 1. The molecule has 0 aromatic carbocycles. The van der Waals surface area contributed by atoms with Crippen LogP contribution in [0.25, 0.3) is 0 Å². The van der Waals surface area contributed by atoms with Gasteiger partial charge in [0.2, 0.25) is 0 Å². The zero-order valence-electron chi connectivity index (χ0n) is 10.1. The maximum atomic E-state index is 13.0. The third-order valence-electron chi connectivity index (χ3n) is 2.78. The molecule has 0 radical (unpaired) electrons. The van der Waals surface area contributed by atoms with Crippen molar-refractivity contribution in [2.24, 2.45) is 0 Å². The van der Waals surface area contributed by atoms with Crippen molar-refractivity contribution in [2.75, 3.05) is 13.1 Å². The lowest BCUT2D eigenvalue weighted by Crippen LogP contribution is -2.29. The highest BCUT2D eigenvalue weighted by atomic mass is 19.1. The zero-order chi connectivity index (χ0) is 12.8. The first-order valence-electron chi connectivity index (χ1n) is 5.61. The monoisotopic (exact) mass is 240 g/mol. The van der Waals surface area contributed by atoms with Crippen LogP contribution in [0.4, 0.5) is 4.39 Å². The first-order chi connectivity index (χ1) is 8.04. The van der Waals surface area contributed by atoms with Gasteiger partial charge in [-0.15, -0.1) is 0 Å². The molecule has 0 aliphatic rings. The molecule has 0 saturated heterocycles. The lowest BCUT2D eigenvalue weighted by Gasteiger charge is -2.27. The zero-order valence-corrected chi connectivity index (χ0v) is 10.1. The van der Waals surface area contributed by atoms with Gasteiger partial charge in [-0.3, -0.25) is 14.7 Å². The Morgan fingerprint density at radius 3 is 2.82 bits per heavy atom. The maximum Gasteiger partial charge on any atom is 0.304 e. The van der Waals surface area contributed by atoms with Crippen LogP contribution in [0.2, 0.25) is 0 Å². The van der Waals surface area contributed by atoms with Crippen LogP contribution in [0.5, 0.6) is 0 Å². The van der Waals surface area contributed by atoms with E-state index in [0.29, 0.717) is 13.1 Å². The standard InChI is InChI=1S/C12H17FN2O2/c1-3-15(5-4-12(16)17)9(2)10-6-11(13)8-14-7-10/h6-9H,3-5H2,1-2H3,(H,16,17). The summed E-state index contributed by atoms with van der Waals surface area (Å²) in [5.74, 6) is -1.20. The molecule has 1 heterocycles. The van der Waals surface area contributed by atoms with Gasteiger partial charge in [-0.25, -0.2) is 4.39 Å². The molecule has 0 spiro atoms. The lowest BCUT2D eigenvalue weighted by atomic mass is 10.1. The molecule has 1 atom stereocenters. The first-order valence-corrected chi connectivity index (χ1v) is 5.61. The number of aromatic nitrogens is 1. The second kappa shape index (κ2) is 6.30. The van der Waals surface area contributed by atoms with Crippen molar-refractivity contribution in [2.45, 2.75) is 26.3 Å². The Morgan fingerprint density at radius 1 is 1.59 bits per heavy atom. The van der Waals surface area contributed by atoms with Gasteiger partial charge in [-0.05, 0) is 25.1 Å². The normalized spacial score (nSPS) is 12.7. The minimum absolute atomic E-state index is 0.0393. The van der Waals surface area contributed by atoms with Crippen molar-refractivity contribution in [3.8, 4) is 0 Å². The molecule has 1 aromatic heterocycles. The molecule has 1 unspecified atom stereocenters. The molecule has 1 aromatic rings. The van der Waals surface area contributed by atoms with Crippen LogP contribution >= 0.6 is 0 Å². The quantitative estimate of drug-likeness (QED) is 0.827. The molecule has 0 bridgehead atoms. The lowest BCUT2D eigenvalue weighted by molar-refractivity contribution is -0.137. The van der Waals surface area contributed by atoms with E-state index in [4.69, 9.17) is 5.11 Å². The van der Waals surface area contributed by atoms with Crippen LogP contribution in [0, 0.1) is 5.82 Å². The summed E-state index contributed by atoms with van der Waals surface area (Å²) in [6.07, 6.45) is 2.85. The fraction of sp³-hybridized carbons (Fsp3) is 0.500. The predicted octanol–water partition coefficient (Wildman–Crippen LogP) is 2.08. The molecule has 0 aliphatic carbocycles. The number of nitrogens with zero attached hydrogens (tertiary/aromatic N) is 2. The van der Waals surface area contributed by atoms with E-state index in [0.717, 1.165) is 11.8 Å². The Morgan fingerprint density at radius 2 is 2.29 bits per heavy atom. The summed E-state index contributed by atoms with van der Waals surface area (Å²) in [6, 6.07) is 1.39. The van der Waals surface area contributed by atoms with Gasteiger partial charge in [0.15, 0.2) is 0 Å². The second-order valence-electron chi connectivity index (χ2n) is 3.88. The van der Waals surface area contributed by atoms with Gasteiger partial charge in [-0.1, -0.05) is 6.92 Å². The summed E-state index contributed by atoms with van der Waals surface area (Å²) in [5, 5.41) is 8.66. The van der Waals surface area contributed by atoms with E-state index >= 15 is 0 Å². The molecule has 5 heteroatoms. The number of hydrogen-bond acceptors (Lipinski definition) is 3. The van der Waals surface area contributed by atoms with E-state index in [9.17, 15) is 9.18 Å². The summed E-state index contributed by atoms with van der Waals surface area (Å²) in [5.41, 5.74) is 0.761. The fourth-order valence-corrected chi connectivity index (χ4v) is 1.73. The van der Waals surface area contributed by atoms with E-state index in [1.54, 1.807) is 6.20 Å². The molecule has 1 N–H and O–H groups in total. The number of carboxylic acids is 1. The van der Waals surface area contributed by atoms with Crippen LogP contribution in [0.3, 0.4) is 0 Å². The van der Waals surface area contributed by atoms with E-state index in [1.165, 1.54) is 6.07 Å². The van der Waals surface area contributed by atoms with Crippen LogP contribution in [-0.2, 0) is 4.79 Å². The van der Waals surface area contributed by atoms with Crippen molar-refractivity contribution >= 4 is 5.97 Å². The van der Waals surface area contributed by atoms with Crippen molar-refractivity contribution in [3.63, 3.8) is 0 Å². The van der Waals surface area contributed by atoms with Gasteiger partial charge in [0.25, 0.3) is 0 Å². The Balaban J connectivity index is 2.71. The largest absolute Gasteiger partial charge is 0.481 e. The van der Waals surface area contributed by atoms with Crippen LogP contribution in [0.15, 0.2) is 18.5 Å². The van der Waals surface area contributed by atoms with Gasteiger partial charge >= 0.3 is 5.97 Å². The molecule has 94 valence electrons. The van der Waals surface area contributed by atoms with E-state index in [-0.39, 0.29) is 18.3 Å². The molecular weight excluding hydrogens is 223 g/mol. The topological polar surface area (TPSA) is 53.4 Å². The number of carboxylic acid groups (broad SMARTS) is 1. The molecular formula is C12H17FN2O2. The molecule has 1 rings (SSSR count). The predicted molar refractivity (Wildman–Crippen MR) is 62.1 cm³/mol. The molecule has 0 saturated carbocycles. The summed E-state index contributed by atoms with van der Waals surface area (Å²) in [7, 11) is 0. The van der Waals surface area contributed by atoms with Crippen LogP contribution < -0.4 is 0 Å². The Labute approximate surface area is 100 Å². The van der Waals surface area contributed by atoms with Crippen molar-refractivity contribution in [1.82, 2.24) is 9.88 Å². The van der Waals surface area contributed by atoms with Crippen LogP contribution in [0.1, 0.15) is 31.9 Å². The highest BCUT2D eigenvalue weighted by molar-refractivity contribution is 5.66. The molecule has 0 fully saturated rings. The average molecular weight is 240 g/mol. The second-order valence-corrected chi connectivity index (χ2v) is 3.88. The van der Waals surface area contributed by atoms with Crippen molar-refractivity contribution < 1.29 is 14.3 Å². The minimum atomic E-state index is -0.826. The third-order valence-corrected chi connectivity index (χ3v) is 2.78. The number of halogens is 1. The Kier molecular flexibility index (Phi) is 5.03. The smallest absolute Gasteiger partial charge is 0.304 e. The molecule has 0 amide bonds. The summed E-state index contributed by atoms with van der Waals surface area (Å²) < 4.78 is 13.0. The van der Waals surface area contributed by atoms with Gasteiger partial charge in [-0.2, -0.15) is 0 Å². The van der Waals surface area contributed by atoms with Gasteiger partial charge in [0.1, 0.15) is 5.82 Å². The fourth-order valence-electron chi connectivity index (χ4n) is 1.73. The molecule has 0 aliphatic heterocycles. The number of carbonyl (C=O) groups is 1. The summed E-state index contributed by atoms with van der Waals surface area (Å²) in [4.78, 5) is 16.3. The number of rotatable bonds is 6. The highest BCUT2D eigenvalue weighted by Crippen LogP contribution is 2.19. The Bertz CT molecular complexity index is 385. The average Bonchev–Trinajstić information content (AvgIpc) is 2.29.